The van der Waals surface area contributed by atoms with Crippen LogP contribution in [0, 0.1) is 13.8 Å². The third kappa shape index (κ3) is 3.95. The Morgan fingerprint density at radius 1 is 1.33 bits per heavy atom. The normalized spacial score (nSPS) is 10.2. The maximum atomic E-state index is 11.8. The van der Waals surface area contributed by atoms with Crippen molar-refractivity contribution in [2.75, 3.05) is 19.0 Å². The Morgan fingerprint density at radius 2 is 2.05 bits per heavy atom. The van der Waals surface area contributed by atoms with E-state index in [2.05, 4.69) is 20.5 Å². The minimum Gasteiger partial charge on any atom is -0.493 e. The smallest absolute Gasteiger partial charge is 0.336 e. The van der Waals surface area contributed by atoms with E-state index < -0.39 is 0 Å². The predicted molar refractivity (Wildman–Crippen MR) is 77.6 cm³/mol. The number of para-hydroxylation sites is 1. The van der Waals surface area contributed by atoms with Crippen LogP contribution in [0.3, 0.4) is 0 Å². The van der Waals surface area contributed by atoms with E-state index in [1.807, 2.05) is 32.0 Å². The van der Waals surface area contributed by atoms with Gasteiger partial charge in [0.15, 0.2) is 0 Å². The molecule has 2 rings (SSSR count). The molecule has 0 fully saturated rings. The second-order valence-electron chi connectivity index (χ2n) is 4.54. The van der Waals surface area contributed by atoms with Gasteiger partial charge in [-0.25, -0.2) is 5.10 Å². The summed E-state index contributed by atoms with van der Waals surface area (Å²) < 4.78 is 10.5. The van der Waals surface area contributed by atoms with E-state index in [0.717, 1.165) is 16.9 Å². The van der Waals surface area contributed by atoms with Gasteiger partial charge in [-0.05, 0) is 25.0 Å². The lowest BCUT2D eigenvalue weighted by Gasteiger charge is -2.11. The molecule has 1 aromatic heterocycles. The number of benzene rings is 1. The van der Waals surface area contributed by atoms with Crippen LogP contribution in [0.15, 0.2) is 18.2 Å². The molecule has 0 saturated carbocycles. The molecular formula is C14H18N4O3. The van der Waals surface area contributed by atoms with Crippen molar-refractivity contribution in [2.24, 2.45) is 0 Å². The molecule has 0 aliphatic heterocycles. The Kier molecular flexibility index (Phi) is 4.76. The van der Waals surface area contributed by atoms with Crippen molar-refractivity contribution in [3.63, 3.8) is 0 Å². The Bertz CT molecular complexity index is 604. The molecule has 2 aromatic rings. The minimum atomic E-state index is -0.208. The fourth-order valence-corrected chi connectivity index (χ4v) is 1.86. The molecule has 7 nitrogen and oxygen atoms in total. The molecule has 0 saturated heterocycles. The number of nitrogens with one attached hydrogen (secondary N) is 2. The Balaban J connectivity index is 1.81. The van der Waals surface area contributed by atoms with E-state index in [1.165, 1.54) is 7.11 Å². The van der Waals surface area contributed by atoms with Crippen LogP contribution in [0.2, 0.25) is 0 Å². The van der Waals surface area contributed by atoms with Crippen LogP contribution in [-0.2, 0) is 4.79 Å². The number of anilines is 1. The SMILES string of the molecule is COc1n[nH]c(NC(=O)CCOc2c(C)cccc2C)n1. The lowest BCUT2D eigenvalue weighted by Crippen LogP contribution is -2.16. The zero-order valence-electron chi connectivity index (χ0n) is 12.3. The molecule has 0 spiro atoms. The van der Waals surface area contributed by atoms with Crippen molar-refractivity contribution in [1.29, 1.82) is 0 Å². The number of amides is 1. The molecule has 0 aliphatic carbocycles. The largest absolute Gasteiger partial charge is 0.493 e. The van der Waals surface area contributed by atoms with Crippen LogP contribution < -0.4 is 14.8 Å². The number of aromatic amines is 1. The number of carbonyl (C=O) groups excluding carboxylic acids is 1. The number of ether oxygens (including phenoxy) is 2. The third-order valence-corrected chi connectivity index (χ3v) is 2.89. The third-order valence-electron chi connectivity index (χ3n) is 2.89. The van der Waals surface area contributed by atoms with E-state index in [9.17, 15) is 4.79 Å². The Hall–Kier alpha value is -2.57. The first-order chi connectivity index (χ1) is 10.1. The van der Waals surface area contributed by atoms with Gasteiger partial charge in [-0.1, -0.05) is 18.2 Å². The number of hydrogen-bond donors (Lipinski definition) is 2. The highest BCUT2D eigenvalue weighted by Crippen LogP contribution is 2.22. The molecule has 0 bridgehead atoms. The first kappa shape index (κ1) is 14.8. The van der Waals surface area contributed by atoms with Gasteiger partial charge < -0.3 is 9.47 Å². The molecule has 0 aliphatic rings. The summed E-state index contributed by atoms with van der Waals surface area (Å²) in [4.78, 5) is 15.7. The number of carbonyl (C=O) groups is 1. The van der Waals surface area contributed by atoms with E-state index in [1.54, 1.807) is 0 Å². The topological polar surface area (TPSA) is 89.1 Å². The van der Waals surface area contributed by atoms with Gasteiger partial charge in [-0.2, -0.15) is 4.98 Å². The molecule has 7 heteroatoms. The fourth-order valence-electron chi connectivity index (χ4n) is 1.86. The van der Waals surface area contributed by atoms with Gasteiger partial charge in [0.1, 0.15) is 5.75 Å². The van der Waals surface area contributed by atoms with E-state index in [4.69, 9.17) is 9.47 Å². The van der Waals surface area contributed by atoms with Gasteiger partial charge in [-0.3, -0.25) is 10.1 Å². The lowest BCUT2D eigenvalue weighted by atomic mass is 10.1. The molecule has 21 heavy (non-hydrogen) atoms. The van der Waals surface area contributed by atoms with Crippen LogP contribution in [0.5, 0.6) is 11.8 Å². The molecule has 0 atom stereocenters. The van der Waals surface area contributed by atoms with Crippen molar-refractivity contribution < 1.29 is 14.3 Å². The first-order valence-electron chi connectivity index (χ1n) is 6.55. The van der Waals surface area contributed by atoms with Gasteiger partial charge >= 0.3 is 6.01 Å². The number of rotatable bonds is 6. The number of methoxy groups -OCH3 is 1. The summed E-state index contributed by atoms with van der Waals surface area (Å²) in [7, 11) is 1.45. The quantitative estimate of drug-likeness (QED) is 0.847. The predicted octanol–water partition coefficient (Wildman–Crippen LogP) is 1.84. The highest BCUT2D eigenvalue weighted by Gasteiger charge is 2.09. The monoisotopic (exact) mass is 290 g/mol. The van der Waals surface area contributed by atoms with Gasteiger partial charge in [-0.15, -0.1) is 5.10 Å². The summed E-state index contributed by atoms with van der Waals surface area (Å²) >= 11 is 0. The van der Waals surface area contributed by atoms with Crippen LogP contribution in [-0.4, -0.2) is 34.8 Å². The molecule has 0 radical (unpaired) electrons. The zero-order chi connectivity index (χ0) is 15.2. The molecule has 1 heterocycles. The number of H-pyrrole nitrogens is 1. The summed E-state index contributed by atoms with van der Waals surface area (Å²) in [5, 5.41) is 8.87. The Labute approximate surface area is 122 Å². The van der Waals surface area contributed by atoms with Crippen LogP contribution >= 0.6 is 0 Å². The van der Waals surface area contributed by atoms with Crippen molar-refractivity contribution in [3.8, 4) is 11.8 Å². The summed E-state index contributed by atoms with van der Waals surface area (Å²) in [5.41, 5.74) is 2.10. The first-order valence-corrected chi connectivity index (χ1v) is 6.55. The van der Waals surface area contributed by atoms with Gasteiger partial charge in [0.25, 0.3) is 0 Å². The van der Waals surface area contributed by atoms with E-state index >= 15 is 0 Å². The van der Waals surface area contributed by atoms with Crippen molar-refractivity contribution >= 4 is 11.9 Å². The maximum absolute atomic E-state index is 11.8. The number of aryl methyl sites for hydroxylation is 2. The van der Waals surface area contributed by atoms with Gasteiger partial charge in [0.05, 0.1) is 20.1 Å². The Morgan fingerprint density at radius 3 is 2.67 bits per heavy atom. The number of hydrogen-bond acceptors (Lipinski definition) is 5. The molecule has 112 valence electrons. The van der Waals surface area contributed by atoms with Crippen LogP contribution in [0.1, 0.15) is 17.5 Å². The van der Waals surface area contributed by atoms with Crippen LogP contribution in [0.25, 0.3) is 0 Å². The molecule has 1 amide bonds. The number of aromatic nitrogens is 3. The van der Waals surface area contributed by atoms with Crippen molar-refractivity contribution in [3.05, 3.63) is 29.3 Å². The second kappa shape index (κ2) is 6.74. The zero-order valence-corrected chi connectivity index (χ0v) is 12.3. The van der Waals surface area contributed by atoms with Gasteiger partial charge in [0, 0.05) is 0 Å². The summed E-state index contributed by atoms with van der Waals surface area (Å²) in [6.07, 6.45) is 0.219. The molecule has 1 aromatic carbocycles. The average Bonchev–Trinajstić information content (AvgIpc) is 2.89. The standard InChI is InChI=1S/C14H18N4O3/c1-9-5-4-6-10(2)12(9)21-8-7-11(19)15-13-16-14(20-3)18-17-13/h4-6H,7-8H2,1-3H3,(H2,15,16,17,18,19). The molecular weight excluding hydrogens is 272 g/mol. The summed E-state index contributed by atoms with van der Waals surface area (Å²) in [6, 6.07) is 6.10. The minimum absolute atomic E-state index is 0.178. The molecule has 0 unspecified atom stereocenters. The highest BCUT2D eigenvalue weighted by atomic mass is 16.5. The van der Waals surface area contributed by atoms with Crippen molar-refractivity contribution in [2.45, 2.75) is 20.3 Å². The highest BCUT2D eigenvalue weighted by molar-refractivity contribution is 5.88. The number of nitrogens with zero attached hydrogens (tertiary/aromatic N) is 2. The van der Waals surface area contributed by atoms with E-state index in [0.29, 0.717) is 6.61 Å². The summed E-state index contributed by atoms with van der Waals surface area (Å²) in [5.74, 6) is 0.871. The fraction of sp³-hybridized carbons (Fsp3) is 0.357. The molecule has 2 N–H and O–H groups in total. The van der Waals surface area contributed by atoms with Gasteiger partial charge in [0.2, 0.25) is 11.9 Å². The van der Waals surface area contributed by atoms with E-state index in [-0.39, 0.29) is 24.3 Å². The maximum Gasteiger partial charge on any atom is 0.336 e. The average molecular weight is 290 g/mol. The van der Waals surface area contributed by atoms with Crippen molar-refractivity contribution in [1.82, 2.24) is 15.2 Å². The summed E-state index contributed by atoms with van der Waals surface area (Å²) in [6.45, 7) is 4.25. The lowest BCUT2D eigenvalue weighted by molar-refractivity contribution is -0.116. The van der Waals surface area contributed by atoms with Crippen LogP contribution in [0.4, 0.5) is 5.95 Å². The second-order valence-corrected chi connectivity index (χ2v) is 4.54.